The van der Waals surface area contributed by atoms with Gasteiger partial charge in [0.05, 0.1) is 16.5 Å². The lowest BCUT2D eigenvalue weighted by Gasteiger charge is -2.11. The van der Waals surface area contributed by atoms with Gasteiger partial charge in [0.25, 0.3) is 5.91 Å². The highest BCUT2D eigenvalue weighted by atomic mass is 35.5. The molecule has 0 bridgehead atoms. The van der Waals surface area contributed by atoms with Crippen molar-refractivity contribution in [2.75, 3.05) is 6.54 Å². The number of thiazole rings is 1. The summed E-state index contributed by atoms with van der Waals surface area (Å²) in [6, 6.07) is 15.0. The predicted molar refractivity (Wildman–Crippen MR) is 140 cm³/mol. The lowest BCUT2D eigenvalue weighted by atomic mass is 10.2. The monoisotopic (exact) mass is 531 g/mol. The molecule has 0 atom stereocenters. The Kier molecular flexibility index (Phi) is 8.61. The van der Waals surface area contributed by atoms with Gasteiger partial charge in [-0.15, -0.1) is 21.5 Å². The first kappa shape index (κ1) is 24.7. The number of hydrogen-bond donors (Lipinski definition) is 1. The average Bonchev–Trinajstić information content (AvgIpc) is 3.48. The smallest absolute Gasteiger partial charge is 0.270 e. The van der Waals surface area contributed by atoms with Gasteiger partial charge < -0.3 is 5.32 Å². The van der Waals surface area contributed by atoms with Crippen molar-refractivity contribution in [1.82, 2.24) is 25.1 Å². The number of nitrogens with zero attached hydrogens (tertiary/aromatic N) is 4. The molecule has 6 nitrogen and oxygen atoms in total. The van der Waals surface area contributed by atoms with Crippen LogP contribution in [0.2, 0.25) is 10.0 Å². The van der Waals surface area contributed by atoms with Crippen molar-refractivity contribution in [3.05, 3.63) is 74.7 Å². The van der Waals surface area contributed by atoms with Crippen molar-refractivity contribution in [1.29, 1.82) is 0 Å². The number of aromatic nitrogens is 4. The zero-order chi connectivity index (χ0) is 23.9. The molecule has 0 aliphatic heterocycles. The zero-order valence-corrected chi connectivity index (χ0v) is 21.6. The van der Waals surface area contributed by atoms with Crippen LogP contribution in [0.3, 0.4) is 0 Å². The molecule has 0 unspecified atom stereocenters. The van der Waals surface area contributed by atoms with Gasteiger partial charge >= 0.3 is 0 Å². The molecule has 0 aliphatic rings. The molecule has 10 heteroatoms. The standard InChI is InChI=1S/C24H23Cl2N5OS2/c1-2-3-6-12-27-23(32)20-14-33-21(28-20)15-34-24-30-29-22(18-10-4-5-11-19(18)26)31(24)17-9-7-8-16(25)13-17/h4-5,7-11,13-14H,2-3,6,12,15H2,1H3,(H,27,32). The van der Waals surface area contributed by atoms with E-state index in [1.54, 1.807) is 5.38 Å². The molecule has 2 aromatic heterocycles. The summed E-state index contributed by atoms with van der Waals surface area (Å²) >= 11 is 15.7. The van der Waals surface area contributed by atoms with E-state index in [1.165, 1.54) is 23.1 Å². The van der Waals surface area contributed by atoms with Gasteiger partial charge in [0.15, 0.2) is 11.0 Å². The summed E-state index contributed by atoms with van der Waals surface area (Å²) in [5.41, 5.74) is 2.06. The molecule has 1 amide bonds. The molecule has 2 aromatic carbocycles. The number of rotatable bonds is 10. The number of benzene rings is 2. The zero-order valence-electron chi connectivity index (χ0n) is 18.5. The highest BCUT2D eigenvalue weighted by molar-refractivity contribution is 7.98. The Morgan fingerprint density at radius 1 is 1.12 bits per heavy atom. The third-order valence-corrected chi connectivity index (χ3v) is 7.53. The quantitative estimate of drug-likeness (QED) is 0.178. The van der Waals surface area contributed by atoms with Gasteiger partial charge in [0, 0.05) is 22.5 Å². The fourth-order valence-corrected chi connectivity index (χ4v) is 5.45. The van der Waals surface area contributed by atoms with E-state index in [0.29, 0.717) is 39.0 Å². The Balaban J connectivity index is 1.55. The maximum Gasteiger partial charge on any atom is 0.270 e. The molecule has 0 saturated heterocycles. The molecule has 4 aromatic rings. The first-order chi connectivity index (χ1) is 16.6. The Morgan fingerprint density at radius 3 is 2.76 bits per heavy atom. The number of nitrogens with one attached hydrogen (secondary N) is 1. The predicted octanol–water partition coefficient (Wildman–Crippen LogP) is 6.91. The van der Waals surface area contributed by atoms with Gasteiger partial charge in [-0.3, -0.25) is 9.36 Å². The Labute approximate surface area is 216 Å². The van der Waals surface area contributed by atoms with E-state index in [4.69, 9.17) is 23.2 Å². The Bertz CT molecular complexity index is 1270. The van der Waals surface area contributed by atoms with Crippen LogP contribution < -0.4 is 5.32 Å². The number of unbranched alkanes of at least 4 members (excludes halogenated alkanes) is 2. The fourth-order valence-electron chi connectivity index (χ4n) is 3.30. The highest BCUT2D eigenvalue weighted by Crippen LogP contribution is 2.33. The summed E-state index contributed by atoms with van der Waals surface area (Å²) in [7, 11) is 0. The van der Waals surface area contributed by atoms with Crippen LogP contribution in [-0.2, 0) is 5.75 Å². The van der Waals surface area contributed by atoms with Crippen LogP contribution in [0, 0.1) is 0 Å². The van der Waals surface area contributed by atoms with E-state index in [9.17, 15) is 4.79 Å². The topological polar surface area (TPSA) is 72.7 Å². The van der Waals surface area contributed by atoms with Crippen molar-refractivity contribution < 1.29 is 4.79 Å². The van der Waals surface area contributed by atoms with Crippen LogP contribution in [0.4, 0.5) is 0 Å². The third-order valence-electron chi connectivity index (χ3n) is 4.99. The number of thioether (sulfide) groups is 1. The van der Waals surface area contributed by atoms with E-state index < -0.39 is 0 Å². The normalized spacial score (nSPS) is 11.0. The van der Waals surface area contributed by atoms with Gasteiger partial charge in [-0.25, -0.2) is 4.98 Å². The number of hydrogen-bond acceptors (Lipinski definition) is 6. The minimum Gasteiger partial charge on any atom is -0.351 e. The van der Waals surface area contributed by atoms with Gasteiger partial charge in [0.1, 0.15) is 10.7 Å². The van der Waals surface area contributed by atoms with E-state index >= 15 is 0 Å². The summed E-state index contributed by atoms with van der Waals surface area (Å²) in [4.78, 5) is 16.8. The van der Waals surface area contributed by atoms with Gasteiger partial charge in [0.2, 0.25) is 0 Å². The molecule has 0 saturated carbocycles. The molecule has 0 radical (unpaired) electrons. The number of amides is 1. The summed E-state index contributed by atoms with van der Waals surface area (Å²) in [5.74, 6) is 1.04. The second-order valence-corrected chi connectivity index (χ2v) is 10.2. The third kappa shape index (κ3) is 5.99. The summed E-state index contributed by atoms with van der Waals surface area (Å²) in [6.07, 6.45) is 3.19. The van der Waals surface area contributed by atoms with Crippen LogP contribution in [0.15, 0.2) is 59.1 Å². The molecule has 0 fully saturated rings. The fraction of sp³-hybridized carbons (Fsp3) is 0.250. The number of carbonyl (C=O) groups excluding carboxylic acids is 1. The van der Waals surface area contributed by atoms with E-state index in [2.05, 4.69) is 27.4 Å². The minimum absolute atomic E-state index is 0.133. The minimum atomic E-state index is -0.133. The highest BCUT2D eigenvalue weighted by Gasteiger charge is 2.19. The molecule has 34 heavy (non-hydrogen) atoms. The first-order valence-corrected chi connectivity index (χ1v) is 13.5. The van der Waals surface area contributed by atoms with Gasteiger partial charge in [-0.2, -0.15) is 0 Å². The molecular formula is C24H23Cl2N5OS2. The molecule has 1 N–H and O–H groups in total. The van der Waals surface area contributed by atoms with Crippen molar-refractivity contribution in [3.63, 3.8) is 0 Å². The Morgan fingerprint density at radius 2 is 1.97 bits per heavy atom. The molecule has 0 aliphatic carbocycles. The van der Waals surface area contributed by atoms with Gasteiger partial charge in [-0.1, -0.05) is 72.9 Å². The maximum atomic E-state index is 12.3. The average molecular weight is 533 g/mol. The van der Waals surface area contributed by atoms with Crippen molar-refractivity contribution in [2.45, 2.75) is 37.1 Å². The lowest BCUT2D eigenvalue weighted by molar-refractivity contribution is 0.0948. The molecular weight excluding hydrogens is 509 g/mol. The van der Waals surface area contributed by atoms with Crippen molar-refractivity contribution >= 4 is 52.2 Å². The molecule has 4 rings (SSSR count). The number of halogens is 2. The van der Waals surface area contributed by atoms with Crippen molar-refractivity contribution in [3.8, 4) is 17.1 Å². The van der Waals surface area contributed by atoms with E-state index in [-0.39, 0.29) is 5.91 Å². The van der Waals surface area contributed by atoms with Crippen LogP contribution in [0.5, 0.6) is 0 Å². The Hall–Kier alpha value is -2.39. The van der Waals surface area contributed by atoms with Crippen LogP contribution in [-0.4, -0.2) is 32.2 Å². The van der Waals surface area contributed by atoms with Crippen LogP contribution >= 0.6 is 46.3 Å². The summed E-state index contributed by atoms with van der Waals surface area (Å²) in [5, 5.41) is 16.3. The summed E-state index contributed by atoms with van der Waals surface area (Å²) < 4.78 is 1.94. The second kappa shape index (κ2) is 11.8. The second-order valence-electron chi connectivity index (χ2n) is 7.48. The maximum absolute atomic E-state index is 12.3. The first-order valence-electron chi connectivity index (χ1n) is 10.9. The van der Waals surface area contributed by atoms with E-state index in [1.807, 2.05) is 53.1 Å². The molecule has 176 valence electrons. The SMILES string of the molecule is CCCCCNC(=O)c1csc(CSc2nnc(-c3ccccc3Cl)n2-c2cccc(Cl)c2)n1. The summed E-state index contributed by atoms with van der Waals surface area (Å²) in [6.45, 7) is 2.80. The van der Waals surface area contributed by atoms with Crippen LogP contribution in [0.1, 0.15) is 41.7 Å². The van der Waals surface area contributed by atoms with Crippen LogP contribution in [0.25, 0.3) is 17.1 Å². The lowest BCUT2D eigenvalue weighted by Crippen LogP contribution is -2.24. The number of carbonyl (C=O) groups is 1. The molecule has 0 spiro atoms. The van der Waals surface area contributed by atoms with Crippen molar-refractivity contribution in [2.24, 2.45) is 0 Å². The van der Waals surface area contributed by atoms with Gasteiger partial charge in [-0.05, 0) is 36.8 Å². The largest absolute Gasteiger partial charge is 0.351 e. The van der Waals surface area contributed by atoms with E-state index in [0.717, 1.165) is 35.5 Å². The molecule has 2 heterocycles.